The van der Waals surface area contributed by atoms with Crippen LogP contribution in [0.15, 0.2) is 42.5 Å². The molecule has 0 bridgehead atoms. The molecule has 0 unspecified atom stereocenters. The Bertz CT molecular complexity index is 535. The van der Waals surface area contributed by atoms with Crippen molar-refractivity contribution in [2.24, 2.45) is 0 Å². The number of benzene rings is 2. The SMILES string of the molecule is Cc1cc(C)cc(CNc2cccc(C(C)C)c2)c1. The molecule has 0 radical (unpaired) electrons. The van der Waals surface area contributed by atoms with Crippen molar-refractivity contribution in [2.45, 2.75) is 40.2 Å². The Kier molecular flexibility index (Phi) is 4.26. The summed E-state index contributed by atoms with van der Waals surface area (Å²) in [5, 5.41) is 3.51. The molecule has 100 valence electrons. The molecule has 0 spiro atoms. The van der Waals surface area contributed by atoms with Gasteiger partial charge >= 0.3 is 0 Å². The van der Waals surface area contributed by atoms with Gasteiger partial charge in [-0.25, -0.2) is 0 Å². The second-order valence-corrected chi connectivity index (χ2v) is 5.63. The van der Waals surface area contributed by atoms with Gasteiger partial charge in [0.1, 0.15) is 0 Å². The fourth-order valence-corrected chi connectivity index (χ4v) is 2.38. The molecule has 1 heteroatoms. The van der Waals surface area contributed by atoms with Crippen LogP contribution in [0, 0.1) is 13.8 Å². The van der Waals surface area contributed by atoms with Gasteiger partial charge in [-0.1, -0.05) is 55.3 Å². The maximum atomic E-state index is 3.51. The lowest BCUT2D eigenvalue weighted by Crippen LogP contribution is -2.01. The van der Waals surface area contributed by atoms with Crippen LogP contribution in [0.2, 0.25) is 0 Å². The molecule has 2 aromatic carbocycles. The predicted octanol–water partition coefficient (Wildman–Crippen LogP) is 5.04. The Labute approximate surface area is 116 Å². The Morgan fingerprint density at radius 1 is 0.947 bits per heavy atom. The fourth-order valence-electron chi connectivity index (χ4n) is 2.38. The molecule has 1 N–H and O–H groups in total. The molecule has 0 fully saturated rings. The van der Waals surface area contributed by atoms with Gasteiger partial charge in [-0.15, -0.1) is 0 Å². The zero-order valence-corrected chi connectivity index (χ0v) is 12.3. The minimum Gasteiger partial charge on any atom is -0.381 e. The molecule has 0 saturated heterocycles. The topological polar surface area (TPSA) is 12.0 Å². The first-order valence-electron chi connectivity index (χ1n) is 6.95. The average molecular weight is 253 g/mol. The van der Waals surface area contributed by atoms with Crippen LogP contribution in [0.1, 0.15) is 42.0 Å². The van der Waals surface area contributed by atoms with Gasteiger partial charge in [0, 0.05) is 12.2 Å². The van der Waals surface area contributed by atoms with Crippen LogP contribution < -0.4 is 5.32 Å². The van der Waals surface area contributed by atoms with Crippen molar-refractivity contribution in [3.8, 4) is 0 Å². The number of anilines is 1. The monoisotopic (exact) mass is 253 g/mol. The van der Waals surface area contributed by atoms with Gasteiger partial charge < -0.3 is 5.32 Å². The summed E-state index contributed by atoms with van der Waals surface area (Å²) in [5.41, 5.74) is 6.57. The van der Waals surface area contributed by atoms with E-state index in [-0.39, 0.29) is 0 Å². The quantitative estimate of drug-likeness (QED) is 0.805. The highest BCUT2D eigenvalue weighted by molar-refractivity contribution is 5.47. The van der Waals surface area contributed by atoms with Crippen molar-refractivity contribution in [3.63, 3.8) is 0 Å². The van der Waals surface area contributed by atoms with Crippen LogP contribution in [0.25, 0.3) is 0 Å². The van der Waals surface area contributed by atoms with Crippen molar-refractivity contribution in [1.82, 2.24) is 0 Å². The Hall–Kier alpha value is -1.76. The second-order valence-electron chi connectivity index (χ2n) is 5.63. The van der Waals surface area contributed by atoms with E-state index in [4.69, 9.17) is 0 Å². The van der Waals surface area contributed by atoms with Gasteiger partial charge in [-0.05, 0) is 43.0 Å². The van der Waals surface area contributed by atoms with Crippen LogP contribution >= 0.6 is 0 Å². The molecule has 0 aromatic heterocycles. The first-order chi connectivity index (χ1) is 9.04. The number of aryl methyl sites for hydroxylation is 2. The summed E-state index contributed by atoms with van der Waals surface area (Å²) >= 11 is 0. The van der Waals surface area contributed by atoms with Crippen LogP contribution in [0.5, 0.6) is 0 Å². The van der Waals surface area contributed by atoms with Crippen LogP contribution in [0.4, 0.5) is 5.69 Å². The van der Waals surface area contributed by atoms with Gasteiger partial charge in [0.25, 0.3) is 0 Å². The van der Waals surface area contributed by atoms with Crippen LogP contribution in [-0.2, 0) is 6.54 Å². The summed E-state index contributed by atoms with van der Waals surface area (Å²) in [6.07, 6.45) is 0. The lowest BCUT2D eigenvalue weighted by molar-refractivity contribution is 0.866. The third-order valence-corrected chi connectivity index (χ3v) is 3.33. The van der Waals surface area contributed by atoms with Crippen molar-refractivity contribution >= 4 is 5.69 Å². The maximum absolute atomic E-state index is 3.51. The van der Waals surface area contributed by atoms with E-state index in [1.54, 1.807) is 0 Å². The molecule has 1 nitrogen and oxygen atoms in total. The summed E-state index contributed by atoms with van der Waals surface area (Å²) in [7, 11) is 0. The molecule has 0 aliphatic rings. The van der Waals surface area contributed by atoms with E-state index in [9.17, 15) is 0 Å². The number of rotatable bonds is 4. The standard InChI is InChI=1S/C18H23N/c1-13(2)17-6-5-7-18(11-17)19-12-16-9-14(3)8-15(4)10-16/h5-11,13,19H,12H2,1-4H3. The lowest BCUT2D eigenvalue weighted by Gasteiger charge is -2.11. The second kappa shape index (κ2) is 5.92. The van der Waals surface area contributed by atoms with Crippen LogP contribution in [-0.4, -0.2) is 0 Å². The van der Waals surface area contributed by atoms with Gasteiger partial charge in [-0.2, -0.15) is 0 Å². The number of hydrogen-bond donors (Lipinski definition) is 1. The molecule has 2 rings (SSSR count). The average Bonchev–Trinajstić information content (AvgIpc) is 2.35. The first kappa shape index (κ1) is 13.7. The summed E-state index contributed by atoms with van der Waals surface area (Å²) in [6, 6.07) is 15.4. The smallest absolute Gasteiger partial charge is 0.0400 e. The highest BCUT2D eigenvalue weighted by atomic mass is 14.9. The zero-order valence-electron chi connectivity index (χ0n) is 12.3. The summed E-state index contributed by atoms with van der Waals surface area (Å²) < 4.78 is 0. The van der Waals surface area contributed by atoms with E-state index in [0.717, 1.165) is 6.54 Å². The van der Waals surface area contributed by atoms with E-state index in [1.165, 1.54) is 27.9 Å². The van der Waals surface area contributed by atoms with E-state index in [2.05, 4.69) is 75.5 Å². The third kappa shape index (κ3) is 3.85. The van der Waals surface area contributed by atoms with Crippen LogP contribution in [0.3, 0.4) is 0 Å². The molecule has 0 aliphatic carbocycles. The van der Waals surface area contributed by atoms with Crippen molar-refractivity contribution in [1.29, 1.82) is 0 Å². The van der Waals surface area contributed by atoms with Gasteiger partial charge in [0.2, 0.25) is 0 Å². The predicted molar refractivity (Wildman–Crippen MR) is 83.8 cm³/mol. The maximum Gasteiger partial charge on any atom is 0.0400 e. The van der Waals surface area contributed by atoms with Gasteiger partial charge in [0.05, 0.1) is 0 Å². The number of hydrogen-bond acceptors (Lipinski definition) is 1. The van der Waals surface area contributed by atoms with Gasteiger partial charge in [0.15, 0.2) is 0 Å². The number of nitrogens with one attached hydrogen (secondary N) is 1. The summed E-state index contributed by atoms with van der Waals surface area (Å²) in [6.45, 7) is 9.63. The minimum atomic E-state index is 0.572. The summed E-state index contributed by atoms with van der Waals surface area (Å²) in [4.78, 5) is 0. The van der Waals surface area contributed by atoms with E-state index < -0.39 is 0 Å². The molecular formula is C18H23N. The zero-order chi connectivity index (χ0) is 13.8. The van der Waals surface area contributed by atoms with Crippen molar-refractivity contribution in [2.75, 3.05) is 5.32 Å². The molecule has 2 aromatic rings. The first-order valence-corrected chi connectivity index (χ1v) is 6.95. The highest BCUT2D eigenvalue weighted by Crippen LogP contribution is 2.19. The lowest BCUT2D eigenvalue weighted by atomic mass is 10.0. The molecular weight excluding hydrogens is 230 g/mol. The van der Waals surface area contributed by atoms with Crippen molar-refractivity contribution < 1.29 is 0 Å². The molecule has 0 amide bonds. The largest absolute Gasteiger partial charge is 0.381 e. The molecule has 0 atom stereocenters. The minimum absolute atomic E-state index is 0.572. The Balaban J connectivity index is 2.07. The van der Waals surface area contributed by atoms with Crippen molar-refractivity contribution in [3.05, 3.63) is 64.7 Å². The van der Waals surface area contributed by atoms with E-state index in [0.29, 0.717) is 5.92 Å². The normalized spacial score (nSPS) is 10.8. The highest BCUT2D eigenvalue weighted by Gasteiger charge is 2.01. The molecule has 0 saturated carbocycles. The Morgan fingerprint density at radius 2 is 1.63 bits per heavy atom. The van der Waals surface area contributed by atoms with Gasteiger partial charge in [-0.3, -0.25) is 0 Å². The molecule has 0 heterocycles. The van der Waals surface area contributed by atoms with E-state index in [1.807, 2.05) is 0 Å². The van der Waals surface area contributed by atoms with E-state index >= 15 is 0 Å². The summed E-state index contributed by atoms with van der Waals surface area (Å²) in [5.74, 6) is 0.572. The fraction of sp³-hybridized carbons (Fsp3) is 0.333. The molecule has 0 aliphatic heterocycles. The third-order valence-electron chi connectivity index (χ3n) is 3.33. The molecule has 19 heavy (non-hydrogen) atoms. The Morgan fingerprint density at radius 3 is 2.26 bits per heavy atom.